The molecular weight excluding hydrogens is 396 g/mol. The smallest absolute Gasteiger partial charge is 0.233 e. The van der Waals surface area contributed by atoms with Crippen molar-refractivity contribution in [1.82, 2.24) is 19.7 Å². The van der Waals surface area contributed by atoms with Crippen LogP contribution in [0.25, 0.3) is 22.2 Å². The van der Waals surface area contributed by atoms with E-state index in [4.69, 9.17) is 0 Å². The van der Waals surface area contributed by atoms with Crippen molar-refractivity contribution < 1.29 is 9.90 Å². The highest BCUT2D eigenvalue weighted by Crippen LogP contribution is 2.34. The number of phenolic OH excluding ortho intramolecular Hbond substituents is 1. The van der Waals surface area contributed by atoms with E-state index < -0.39 is 0 Å². The van der Waals surface area contributed by atoms with Gasteiger partial charge in [0.1, 0.15) is 5.75 Å². The number of benzene rings is 2. The highest BCUT2D eigenvalue weighted by molar-refractivity contribution is 7.99. The first-order valence-corrected chi connectivity index (χ1v) is 11.6. The molecule has 158 valence electrons. The van der Waals surface area contributed by atoms with Crippen molar-refractivity contribution >= 4 is 28.4 Å². The predicted octanol–water partition coefficient (Wildman–Crippen LogP) is 4.71. The number of amides is 1. The lowest BCUT2D eigenvalue weighted by Gasteiger charge is -2.39. The van der Waals surface area contributed by atoms with E-state index in [9.17, 15) is 9.90 Å². The lowest BCUT2D eigenvalue weighted by molar-refractivity contribution is -0.134. The summed E-state index contributed by atoms with van der Waals surface area (Å²) >= 11 is 1.42. The van der Waals surface area contributed by atoms with Crippen molar-refractivity contribution in [3.8, 4) is 17.1 Å². The SMILES string of the molecule is CCn1c(SCC(=O)N2[C@H](C)CCC[C@@H]2C)nnc1-c1cc2ccccc2cc1O. The fourth-order valence-electron chi connectivity index (χ4n) is 4.40. The molecule has 0 unspecified atom stereocenters. The number of fused-ring (bicyclic) bond motifs is 1. The molecule has 3 aromatic rings. The number of nitrogens with zero attached hydrogens (tertiary/aromatic N) is 4. The van der Waals surface area contributed by atoms with Gasteiger partial charge < -0.3 is 14.6 Å². The number of carbonyl (C=O) groups is 1. The van der Waals surface area contributed by atoms with Crippen LogP contribution in [-0.4, -0.2) is 48.5 Å². The van der Waals surface area contributed by atoms with Crippen molar-refractivity contribution in [2.24, 2.45) is 0 Å². The Hall–Kier alpha value is -2.54. The standard InChI is InChI=1S/C23H28N4O2S/c1-4-26-22(19-12-17-10-5-6-11-18(17)13-20(19)28)24-25-23(26)30-14-21(29)27-15(2)8-7-9-16(27)3/h5-6,10-13,15-16,28H,4,7-9,14H2,1-3H3/t15-,16+. The summed E-state index contributed by atoms with van der Waals surface area (Å²) in [5.41, 5.74) is 0.652. The zero-order valence-corrected chi connectivity index (χ0v) is 18.5. The quantitative estimate of drug-likeness (QED) is 0.601. The van der Waals surface area contributed by atoms with Gasteiger partial charge in [0, 0.05) is 18.6 Å². The molecule has 0 bridgehead atoms. The number of aromatic nitrogens is 3. The zero-order chi connectivity index (χ0) is 21.3. The first-order chi connectivity index (χ1) is 14.5. The third-order valence-corrected chi connectivity index (χ3v) is 6.90. The highest BCUT2D eigenvalue weighted by Gasteiger charge is 2.29. The number of piperidine rings is 1. The molecule has 2 aromatic carbocycles. The maximum atomic E-state index is 12.9. The van der Waals surface area contributed by atoms with Crippen LogP contribution >= 0.6 is 11.8 Å². The van der Waals surface area contributed by atoms with Crippen molar-refractivity contribution in [1.29, 1.82) is 0 Å². The van der Waals surface area contributed by atoms with Gasteiger partial charge in [-0.2, -0.15) is 0 Å². The van der Waals surface area contributed by atoms with Gasteiger partial charge >= 0.3 is 0 Å². The molecule has 1 aliphatic rings. The molecule has 0 radical (unpaired) electrons. The van der Waals surface area contributed by atoms with Gasteiger partial charge in [0.05, 0.1) is 11.3 Å². The van der Waals surface area contributed by atoms with Gasteiger partial charge in [0.15, 0.2) is 11.0 Å². The summed E-state index contributed by atoms with van der Waals surface area (Å²) in [5.74, 6) is 1.30. The van der Waals surface area contributed by atoms with Crippen LogP contribution in [0.1, 0.15) is 40.0 Å². The molecule has 0 aliphatic carbocycles. The van der Waals surface area contributed by atoms with Crippen LogP contribution in [0.4, 0.5) is 0 Å². The van der Waals surface area contributed by atoms with E-state index in [-0.39, 0.29) is 23.7 Å². The topological polar surface area (TPSA) is 71.2 Å². The van der Waals surface area contributed by atoms with Crippen LogP contribution in [-0.2, 0) is 11.3 Å². The summed E-state index contributed by atoms with van der Waals surface area (Å²) in [5, 5.41) is 22.0. The van der Waals surface area contributed by atoms with Gasteiger partial charge in [-0.3, -0.25) is 4.79 Å². The number of hydrogen-bond donors (Lipinski definition) is 1. The number of rotatable bonds is 5. The Labute approximate surface area is 181 Å². The van der Waals surface area contributed by atoms with Crippen LogP contribution in [0.15, 0.2) is 41.6 Å². The molecule has 6 nitrogen and oxygen atoms in total. The van der Waals surface area contributed by atoms with E-state index in [0.29, 0.717) is 28.8 Å². The van der Waals surface area contributed by atoms with Crippen molar-refractivity contribution in [2.75, 3.05) is 5.75 Å². The molecule has 1 fully saturated rings. The van der Waals surface area contributed by atoms with E-state index in [1.54, 1.807) is 6.07 Å². The summed E-state index contributed by atoms with van der Waals surface area (Å²) in [6.45, 7) is 6.94. The second-order valence-corrected chi connectivity index (χ2v) is 8.93. The monoisotopic (exact) mass is 424 g/mol. The maximum Gasteiger partial charge on any atom is 0.233 e. The molecule has 1 N–H and O–H groups in total. The molecule has 4 rings (SSSR count). The minimum absolute atomic E-state index is 0.153. The number of phenols is 1. The van der Waals surface area contributed by atoms with Crippen LogP contribution in [0.2, 0.25) is 0 Å². The summed E-state index contributed by atoms with van der Waals surface area (Å²) in [6.07, 6.45) is 3.32. The highest BCUT2D eigenvalue weighted by atomic mass is 32.2. The number of aromatic hydroxyl groups is 1. The number of thioether (sulfide) groups is 1. The molecule has 30 heavy (non-hydrogen) atoms. The van der Waals surface area contributed by atoms with E-state index >= 15 is 0 Å². The molecule has 0 spiro atoms. The summed E-state index contributed by atoms with van der Waals surface area (Å²) in [4.78, 5) is 14.9. The average Bonchev–Trinajstić information content (AvgIpc) is 3.14. The third-order valence-electron chi connectivity index (χ3n) is 5.94. The Kier molecular flexibility index (Phi) is 5.99. The minimum Gasteiger partial charge on any atom is -0.507 e. The average molecular weight is 425 g/mol. The summed E-state index contributed by atoms with van der Waals surface area (Å²) in [6, 6.07) is 12.2. The normalized spacial score (nSPS) is 19.4. The largest absolute Gasteiger partial charge is 0.507 e. The Morgan fingerprint density at radius 2 is 1.80 bits per heavy atom. The minimum atomic E-state index is 0.153. The molecule has 2 heterocycles. The predicted molar refractivity (Wildman–Crippen MR) is 121 cm³/mol. The van der Waals surface area contributed by atoms with Crippen LogP contribution < -0.4 is 0 Å². The Morgan fingerprint density at radius 1 is 1.13 bits per heavy atom. The van der Waals surface area contributed by atoms with Crippen molar-refractivity contribution in [2.45, 2.75) is 63.8 Å². The van der Waals surface area contributed by atoms with E-state index in [2.05, 4.69) is 24.0 Å². The molecule has 1 aliphatic heterocycles. The lowest BCUT2D eigenvalue weighted by atomic mass is 9.98. The molecular formula is C23H28N4O2S. The maximum absolute atomic E-state index is 12.9. The van der Waals surface area contributed by atoms with Gasteiger partial charge in [-0.05, 0) is 62.9 Å². The van der Waals surface area contributed by atoms with Gasteiger partial charge in [0.25, 0.3) is 0 Å². The molecule has 0 saturated carbocycles. The second kappa shape index (κ2) is 8.68. The second-order valence-electron chi connectivity index (χ2n) is 7.99. The molecule has 2 atom stereocenters. The van der Waals surface area contributed by atoms with Crippen molar-refractivity contribution in [3.63, 3.8) is 0 Å². The van der Waals surface area contributed by atoms with Gasteiger partial charge in [0.2, 0.25) is 5.91 Å². The van der Waals surface area contributed by atoms with Gasteiger partial charge in [-0.25, -0.2) is 0 Å². The van der Waals surface area contributed by atoms with Gasteiger partial charge in [-0.1, -0.05) is 36.0 Å². The summed E-state index contributed by atoms with van der Waals surface area (Å²) < 4.78 is 1.96. The van der Waals surface area contributed by atoms with E-state index in [0.717, 1.165) is 23.6 Å². The Balaban J connectivity index is 1.57. The molecule has 1 aromatic heterocycles. The number of carbonyl (C=O) groups excluding carboxylic acids is 1. The molecule has 7 heteroatoms. The van der Waals surface area contributed by atoms with Crippen molar-refractivity contribution in [3.05, 3.63) is 36.4 Å². The third kappa shape index (κ3) is 3.90. The van der Waals surface area contributed by atoms with Crippen LogP contribution in [0.5, 0.6) is 5.75 Å². The Morgan fingerprint density at radius 3 is 2.47 bits per heavy atom. The lowest BCUT2D eigenvalue weighted by Crippen LogP contribution is -2.48. The van der Waals surface area contributed by atoms with E-state index in [1.807, 2.05) is 46.7 Å². The zero-order valence-electron chi connectivity index (χ0n) is 17.7. The van der Waals surface area contributed by atoms with Gasteiger partial charge in [-0.15, -0.1) is 10.2 Å². The van der Waals surface area contributed by atoms with Crippen LogP contribution in [0, 0.1) is 0 Å². The summed E-state index contributed by atoms with van der Waals surface area (Å²) in [7, 11) is 0. The molecule has 1 saturated heterocycles. The van der Waals surface area contributed by atoms with E-state index in [1.165, 1.54) is 18.2 Å². The first-order valence-electron chi connectivity index (χ1n) is 10.6. The fraction of sp³-hybridized carbons (Fsp3) is 0.435. The molecule has 1 amide bonds. The fourth-order valence-corrected chi connectivity index (χ4v) is 5.27. The van der Waals surface area contributed by atoms with Crippen LogP contribution in [0.3, 0.4) is 0 Å². The Bertz CT molecular complexity index is 1050. The number of likely N-dealkylation sites (tertiary alicyclic amines) is 1. The number of hydrogen-bond acceptors (Lipinski definition) is 5. The first kappa shape index (κ1) is 20.7.